The molecule has 0 amide bonds. The molecule has 1 aliphatic carbocycles. The standard InChI is InChI=1S/C9H15NO2/c11-9(12)7-3-6-1-2-10-5-8(6)4-7/h6-8,10H,1-5H2,(H,11,12). The second-order valence-electron chi connectivity index (χ2n) is 4.02. The lowest BCUT2D eigenvalue weighted by molar-refractivity contribution is -0.141. The van der Waals surface area contributed by atoms with E-state index in [-0.39, 0.29) is 5.92 Å². The van der Waals surface area contributed by atoms with Crippen LogP contribution in [0.3, 0.4) is 0 Å². The van der Waals surface area contributed by atoms with Gasteiger partial charge >= 0.3 is 5.97 Å². The monoisotopic (exact) mass is 169 g/mol. The molecular formula is C9H15NO2. The van der Waals surface area contributed by atoms with Gasteiger partial charge in [-0.3, -0.25) is 4.79 Å². The number of carboxylic acids is 1. The highest BCUT2D eigenvalue weighted by atomic mass is 16.4. The van der Waals surface area contributed by atoms with Gasteiger partial charge in [0.25, 0.3) is 0 Å². The first-order valence-corrected chi connectivity index (χ1v) is 4.71. The number of nitrogens with one attached hydrogen (secondary N) is 1. The van der Waals surface area contributed by atoms with E-state index < -0.39 is 5.97 Å². The van der Waals surface area contributed by atoms with Crippen LogP contribution < -0.4 is 5.32 Å². The Balaban J connectivity index is 1.98. The lowest BCUT2D eigenvalue weighted by atomic mass is 9.90. The summed E-state index contributed by atoms with van der Waals surface area (Å²) in [6.45, 7) is 2.11. The zero-order valence-corrected chi connectivity index (χ0v) is 7.12. The minimum absolute atomic E-state index is 0.0556. The predicted molar refractivity (Wildman–Crippen MR) is 44.8 cm³/mol. The van der Waals surface area contributed by atoms with Gasteiger partial charge in [0.05, 0.1) is 5.92 Å². The average Bonchev–Trinajstić information content (AvgIpc) is 2.46. The number of hydrogen-bond acceptors (Lipinski definition) is 2. The van der Waals surface area contributed by atoms with E-state index in [2.05, 4.69) is 5.32 Å². The predicted octanol–water partition coefficient (Wildman–Crippen LogP) is 0.707. The fourth-order valence-corrected chi connectivity index (χ4v) is 2.59. The van der Waals surface area contributed by atoms with E-state index in [4.69, 9.17) is 5.11 Å². The molecule has 0 aromatic rings. The van der Waals surface area contributed by atoms with Crippen molar-refractivity contribution >= 4 is 5.97 Å². The Morgan fingerprint density at radius 3 is 2.75 bits per heavy atom. The molecule has 1 aliphatic heterocycles. The second kappa shape index (κ2) is 3.05. The molecule has 0 bridgehead atoms. The third kappa shape index (κ3) is 1.33. The van der Waals surface area contributed by atoms with Crippen LogP contribution >= 0.6 is 0 Å². The van der Waals surface area contributed by atoms with E-state index in [0.717, 1.165) is 25.9 Å². The summed E-state index contributed by atoms with van der Waals surface area (Å²) in [5, 5.41) is 12.2. The molecule has 1 heterocycles. The van der Waals surface area contributed by atoms with E-state index in [9.17, 15) is 4.79 Å². The number of carboxylic acid groups (broad SMARTS) is 1. The number of rotatable bonds is 1. The van der Waals surface area contributed by atoms with Crippen LogP contribution in [0, 0.1) is 17.8 Å². The molecular weight excluding hydrogens is 154 g/mol. The van der Waals surface area contributed by atoms with Gasteiger partial charge in [-0.15, -0.1) is 0 Å². The summed E-state index contributed by atoms with van der Waals surface area (Å²) in [7, 11) is 0. The molecule has 2 N–H and O–H groups in total. The maximum atomic E-state index is 10.7. The zero-order chi connectivity index (χ0) is 8.55. The molecule has 1 saturated carbocycles. The number of carbonyl (C=O) groups is 1. The van der Waals surface area contributed by atoms with Crippen molar-refractivity contribution in [1.82, 2.24) is 5.32 Å². The van der Waals surface area contributed by atoms with Crippen molar-refractivity contribution in [3.8, 4) is 0 Å². The Morgan fingerprint density at radius 2 is 2.08 bits per heavy atom. The van der Waals surface area contributed by atoms with Crippen molar-refractivity contribution in [2.24, 2.45) is 17.8 Å². The number of fused-ring (bicyclic) bond motifs is 1. The molecule has 1 saturated heterocycles. The molecule has 68 valence electrons. The van der Waals surface area contributed by atoms with Gasteiger partial charge in [-0.05, 0) is 44.2 Å². The zero-order valence-electron chi connectivity index (χ0n) is 7.12. The summed E-state index contributed by atoms with van der Waals surface area (Å²) in [4.78, 5) is 10.7. The highest BCUT2D eigenvalue weighted by Crippen LogP contribution is 2.39. The minimum atomic E-state index is -0.593. The van der Waals surface area contributed by atoms with Gasteiger partial charge in [0.2, 0.25) is 0 Å². The molecule has 3 atom stereocenters. The molecule has 2 fully saturated rings. The minimum Gasteiger partial charge on any atom is -0.481 e. The lowest BCUT2D eigenvalue weighted by Crippen LogP contribution is -2.33. The van der Waals surface area contributed by atoms with E-state index in [1.165, 1.54) is 6.42 Å². The van der Waals surface area contributed by atoms with E-state index in [1.54, 1.807) is 0 Å². The third-order valence-electron chi connectivity index (χ3n) is 3.29. The summed E-state index contributed by atoms with van der Waals surface area (Å²) in [6, 6.07) is 0. The Labute approximate surface area is 72.2 Å². The molecule has 3 nitrogen and oxygen atoms in total. The molecule has 2 aliphatic rings. The van der Waals surface area contributed by atoms with Crippen LogP contribution in [-0.2, 0) is 4.79 Å². The van der Waals surface area contributed by atoms with E-state index >= 15 is 0 Å². The molecule has 3 unspecified atom stereocenters. The van der Waals surface area contributed by atoms with E-state index in [1.807, 2.05) is 0 Å². The number of piperidine rings is 1. The molecule has 12 heavy (non-hydrogen) atoms. The molecule has 0 aromatic carbocycles. The van der Waals surface area contributed by atoms with Crippen LogP contribution in [0.4, 0.5) is 0 Å². The SMILES string of the molecule is O=C(O)C1CC2CCNCC2C1. The summed E-state index contributed by atoms with van der Waals surface area (Å²) in [5.41, 5.74) is 0. The highest BCUT2D eigenvalue weighted by molar-refractivity contribution is 5.70. The first-order chi connectivity index (χ1) is 5.77. The molecule has 0 aromatic heterocycles. The average molecular weight is 169 g/mol. The molecule has 2 rings (SSSR count). The van der Waals surface area contributed by atoms with Gasteiger partial charge in [0.1, 0.15) is 0 Å². The van der Waals surface area contributed by atoms with Crippen molar-refractivity contribution in [2.75, 3.05) is 13.1 Å². The van der Waals surface area contributed by atoms with Crippen LogP contribution in [0.5, 0.6) is 0 Å². The van der Waals surface area contributed by atoms with Crippen LogP contribution in [0.25, 0.3) is 0 Å². The first-order valence-electron chi connectivity index (χ1n) is 4.71. The Hall–Kier alpha value is -0.570. The Morgan fingerprint density at radius 1 is 1.33 bits per heavy atom. The first kappa shape index (κ1) is 8.05. The highest BCUT2D eigenvalue weighted by Gasteiger charge is 2.38. The van der Waals surface area contributed by atoms with Crippen LogP contribution in [0.2, 0.25) is 0 Å². The van der Waals surface area contributed by atoms with Gasteiger partial charge in [0, 0.05) is 0 Å². The number of aliphatic carboxylic acids is 1. The van der Waals surface area contributed by atoms with Crippen LogP contribution in [0.1, 0.15) is 19.3 Å². The smallest absolute Gasteiger partial charge is 0.306 e. The van der Waals surface area contributed by atoms with Crippen molar-refractivity contribution < 1.29 is 9.90 Å². The van der Waals surface area contributed by atoms with Crippen LogP contribution in [-0.4, -0.2) is 24.2 Å². The van der Waals surface area contributed by atoms with Gasteiger partial charge in [-0.1, -0.05) is 0 Å². The largest absolute Gasteiger partial charge is 0.481 e. The summed E-state index contributed by atoms with van der Waals surface area (Å²) in [6.07, 6.45) is 2.99. The van der Waals surface area contributed by atoms with Crippen molar-refractivity contribution in [3.63, 3.8) is 0 Å². The maximum absolute atomic E-state index is 10.7. The maximum Gasteiger partial charge on any atom is 0.306 e. The molecule has 0 radical (unpaired) electrons. The van der Waals surface area contributed by atoms with Crippen LogP contribution in [0.15, 0.2) is 0 Å². The quantitative estimate of drug-likeness (QED) is 0.607. The Kier molecular flexibility index (Phi) is 2.05. The van der Waals surface area contributed by atoms with E-state index in [0.29, 0.717) is 11.8 Å². The Bertz CT molecular complexity index is 179. The summed E-state index contributed by atoms with van der Waals surface area (Å²) in [5.74, 6) is 0.677. The fourth-order valence-electron chi connectivity index (χ4n) is 2.59. The lowest BCUT2D eigenvalue weighted by Gasteiger charge is -2.25. The molecule has 3 heteroatoms. The van der Waals surface area contributed by atoms with Crippen molar-refractivity contribution in [3.05, 3.63) is 0 Å². The second-order valence-corrected chi connectivity index (χ2v) is 4.02. The van der Waals surface area contributed by atoms with Gasteiger partial charge in [-0.25, -0.2) is 0 Å². The number of hydrogen-bond donors (Lipinski definition) is 2. The summed E-state index contributed by atoms with van der Waals surface area (Å²) < 4.78 is 0. The summed E-state index contributed by atoms with van der Waals surface area (Å²) >= 11 is 0. The van der Waals surface area contributed by atoms with Crippen molar-refractivity contribution in [1.29, 1.82) is 0 Å². The molecule has 0 spiro atoms. The third-order valence-corrected chi connectivity index (χ3v) is 3.29. The topological polar surface area (TPSA) is 49.3 Å². The van der Waals surface area contributed by atoms with Crippen molar-refractivity contribution in [2.45, 2.75) is 19.3 Å². The fraction of sp³-hybridized carbons (Fsp3) is 0.889. The normalized spacial score (nSPS) is 40.8. The van der Waals surface area contributed by atoms with Gasteiger partial charge < -0.3 is 10.4 Å². The van der Waals surface area contributed by atoms with Gasteiger partial charge in [0.15, 0.2) is 0 Å². The van der Waals surface area contributed by atoms with Gasteiger partial charge in [-0.2, -0.15) is 0 Å².